The molecule has 25 heavy (non-hydrogen) atoms. The predicted molar refractivity (Wildman–Crippen MR) is 93.1 cm³/mol. The molecule has 3 aliphatic rings. The Morgan fingerprint density at radius 2 is 1.88 bits per heavy atom. The zero-order valence-corrected chi connectivity index (χ0v) is 14.7. The summed E-state index contributed by atoms with van der Waals surface area (Å²) in [5.41, 5.74) is 0.591. The maximum atomic E-state index is 12.9. The van der Waals surface area contributed by atoms with Gasteiger partial charge in [-0.1, -0.05) is 0 Å². The fourth-order valence-electron chi connectivity index (χ4n) is 3.98. The largest absolute Gasteiger partial charge is 0.343 e. The van der Waals surface area contributed by atoms with Crippen LogP contribution in [-0.4, -0.2) is 57.3 Å². The topological polar surface area (TPSA) is 66.4 Å². The van der Waals surface area contributed by atoms with Crippen LogP contribution in [0.4, 0.5) is 0 Å². The number of piperidine rings is 1. The number of amides is 2. The van der Waals surface area contributed by atoms with E-state index in [4.69, 9.17) is 0 Å². The summed E-state index contributed by atoms with van der Waals surface area (Å²) in [5.74, 6) is 1.68. The lowest BCUT2D eigenvalue weighted by Gasteiger charge is -2.36. The van der Waals surface area contributed by atoms with Crippen molar-refractivity contribution in [3.8, 4) is 0 Å². The molecule has 0 N–H and O–H groups in total. The number of carbonyl (C=O) groups excluding carboxylic acids is 2. The van der Waals surface area contributed by atoms with Gasteiger partial charge in [0.25, 0.3) is 5.91 Å². The smallest absolute Gasteiger partial charge is 0.257 e. The predicted octanol–water partition coefficient (Wildman–Crippen LogP) is 2.36. The Kier molecular flexibility index (Phi) is 4.68. The van der Waals surface area contributed by atoms with E-state index in [9.17, 15) is 9.59 Å². The lowest BCUT2D eigenvalue weighted by atomic mass is 9.98. The van der Waals surface area contributed by atoms with Crippen molar-refractivity contribution in [3.63, 3.8) is 0 Å². The number of aromatic nitrogens is 2. The molecule has 3 heterocycles. The van der Waals surface area contributed by atoms with Crippen molar-refractivity contribution >= 4 is 11.8 Å². The molecule has 1 saturated carbocycles. The fraction of sp³-hybridized carbons (Fsp3) is 0.684. The third-order valence-electron chi connectivity index (χ3n) is 5.65. The summed E-state index contributed by atoms with van der Waals surface area (Å²) in [6.07, 6.45) is 11.5. The van der Waals surface area contributed by atoms with Gasteiger partial charge >= 0.3 is 0 Å². The van der Waals surface area contributed by atoms with E-state index in [2.05, 4.69) is 9.97 Å². The molecule has 2 aliphatic heterocycles. The Morgan fingerprint density at radius 3 is 2.56 bits per heavy atom. The highest BCUT2D eigenvalue weighted by Gasteiger charge is 2.30. The Morgan fingerprint density at radius 1 is 1.08 bits per heavy atom. The quantitative estimate of drug-likeness (QED) is 0.824. The van der Waals surface area contributed by atoms with Gasteiger partial charge in [0, 0.05) is 50.4 Å². The van der Waals surface area contributed by atoms with Crippen LogP contribution in [-0.2, 0) is 4.79 Å². The maximum absolute atomic E-state index is 12.9. The normalized spacial score (nSPS) is 24.0. The van der Waals surface area contributed by atoms with Gasteiger partial charge in [0.1, 0.15) is 5.82 Å². The Balaban J connectivity index is 1.40. The molecule has 1 atom stereocenters. The second-order valence-corrected chi connectivity index (χ2v) is 7.53. The molecule has 4 rings (SSSR count). The third kappa shape index (κ3) is 3.67. The molecule has 0 radical (unpaired) electrons. The second-order valence-electron chi connectivity index (χ2n) is 7.53. The lowest BCUT2D eigenvalue weighted by Crippen LogP contribution is -2.45. The number of nitrogens with zero attached hydrogens (tertiary/aromatic N) is 4. The summed E-state index contributed by atoms with van der Waals surface area (Å²) in [6.45, 7) is 2.43. The molecular weight excluding hydrogens is 316 g/mol. The number of likely N-dealkylation sites (tertiary alicyclic amines) is 2. The highest BCUT2D eigenvalue weighted by Crippen LogP contribution is 2.37. The van der Waals surface area contributed by atoms with Gasteiger partial charge in [0.2, 0.25) is 5.91 Å². The summed E-state index contributed by atoms with van der Waals surface area (Å²) < 4.78 is 0. The minimum absolute atomic E-state index is 0.0415. The van der Waals surface area contributed by atoms with Gasteiger partial charge in [0.05, 0.1) is 5.56 Å². The standard InChI is InChI=1S/C19H26N4O2/c24-17-5-3-9-22(17)11-8-16-4-1-2-10-23(16)19(25)15-12-20-18(21-13-15)14-6-7-14/h12-14,16H,1-11H2/t16-/m1/s1. The summed E-state index contributed by atoms with van der Waals surface area (Å²) in [4.78, 5) is 37.5. The Bertz CT molecular complexity index is 641. The van der Waals surface area contributed by atoms with Crippen LogP contribution in [0.5, 0.6) is 0 Å². The molecule has 0 bridgehead atoms. The molecule has 1 aromatic rings. The van der Waals surface area contributed by atoms with E-state index in [1.54, 1.807) is 12.4 Å². The highest BCUT2D eigenvalue weighted by molar-refractivity contribution is 5.93. The molecular formula is C19H26N4O2. The summed E-state index contributed by atoms with van der Waals surface area (Å²) >= 11 is 0. The molecule has 0 spiro atoms. The van der Waals surface area contributed by atoms with Crippen molar-refractivity contribution < 1.29 is 9.59 Å². The van der Waals surface area contributed by atoms with Crippen molar-refractivity contribution in [3.05, 3.63) is 23.8 Å². The highest BCUT2D eigenvalue weighted by atomic mass is 16.2. The first kappa shape index (κ1) is 16.5. The van der Waals surface area contributed by atoms with Gasteiger partial charge in [-0.3, -0.25) is 9.59 Å². The van der Waals surface area contributed by atoms with E-state index in [1.165, 1.54) is 0 Å². The van der Waals surface area contributed by atoms with Crippen LogP contribution in [0.3, 0.4) is 0 Å². The molecule has 2 saturated heterocycles. The van der Waals surface area contributed by atoms with E-state index in [1.807, 2.05) is 9.80 Å². The average molecular weight is 342 g/mol. The SMILES string of the molecule is O=C1CCCN1CC[C@H]1CCCCN1C(=O)c1cnc(C2CC2)nc1. The van der Waals surface area contributed by atoms with Gasteiger partial charge in [-0.05, 0) is 44.9 Å². The van der Waals surface area contributed by atoms with E-state index < -0.39 is 0 Å². The van der Waals surface area contributed by atoms with Crippen molar-refractivity contribution in [2.24, 2.45) is 0 Å². The third-order valence-corrected chi connectivity index (χ3v) is 5.65. The van der Waals surface area contributed by atoms with Gasteiger partial charge in [0.15, 0.2) is 0 Å². The van der Waals surface area contributed by atoms with E-state index in [0.717, 1.165) is 70.4 Å². The van der Waals surface area contributed by atoms with Crippen molar-refractivity contribution in [1.82, 2.24) is 19.8 Å². The summed E-state index contributed by atoms with van der Waals surface area (Å²) in [5, 5.41) is 0. The van der Waals surface area contributed by atoms with E-state index >= 15 is 0 Å². The number of hydrogen-bond donors (Lipinski definition) is 0. The molecule has 0 unspecified atom stereocenters. The first-order valence-corrected chi connectivity index (χ1v) is 9.63. The molecule has 0 aromatic carbocycles. The molecule has 134 valence electrons. The summed E-state index contributed by atoms with van der Waals surface area (Å²) in [7, 11) is 0. The van der Waals surface area contributed by atoms with Gasteiger partial charge < -0.3 is 9.80 Å². The minimum Gasteiger partial charge on any atom is -0.343 e. The van der Waals surface area contributed by atoms with Crippen molar-refractivity contribution in [2.45, 2.75) is 63.3 Å². The molecule has 1 aromatic heterocycles. The van der Waals surface area contributed by atoms with Crippen LogP contribution in [0, 0.1) is 0 Å². The number of carbonyl (C=O) groups is 2. The van der Waals surface area contributed by atoms with Crippen LogP contribution in [0.1, 0.15) is 73.5 Å². The van der Waals surface area contributed by atoms with Crippen LogP contribution in [0.25, 0.3) is 0 Å². The van der Waals surface area contributed by atoms with E-state index in [-0.39, 0.29) is 17.9 Å². The van der Waals surface area contributed by atoms with Crippen LogP contribution < -0.4 is 0 Å². The summed E-state index contributed by atoms with van der Waals surface area (Å²) in [6, 6.07) is 0.220. The van der Waals surface area contributed by atoms with Crippen LogP contribution in [0.2, 0.25) is 0 Å². The maximum Gasteiger partial charge on any atom is 0.257 e. The molecule has 1 aliphatic carbocycles. The Hall–Kier alpha value is -1.98. The monoisotopic (exact) mass is 342 g/mol. The second kappa shape index (κ2) is 7.10. The average Bonchev–Trinajstić information content (AvgIpc) is 3.42. The van der Waals surface area contributed by atoms with Crippen LogP contribution in [0.15, 0.2) is 12.4 Å². The van der Waals surface area contributed by atoms with Gasteiger partial charge in [-0.15, -0.1) is 0 Å². The molecule has 6 nitrogen and oxygen atoms in total. The minimum atomic E-state index is 0.0415. The first-order valence-electron chi connectivity index (χ1n) is 9.63. The van der Waals surface area contributed by atoms with Crippen LogP contribution >= 0.6 is 0 Å². The zero-order valence-electron chi connectivity index (χ0n) is 14.7. The fourth-order valence-corrected chi connectivity index (χ4v) is 3.98. The first-order chi connectivity index (χ1) is 12.2. The molecule has 6 heteroatoms. The van der Waals surface area contributed by atoms with Gasteiger partial charge in [-0.2, -0.15) is 0 Å². The lowest BCUT2D eigenvalue weighted by molar-refractivity contribution is -0.127. The number of rotatable bonds is 5. The Labute approximate surface area is 148 Å². The van der Waals surface area contributed by atoms with E-state index in [0.29, 0.717) is 17.9 Å². The molecule has 2 amide bonds. The van der Waals surface area contributed by atoms with Gasteiger partial charge in [-0.25, -0.2) is 9.97 Å². The van der Waals surface area contributed by atoms with Crippen molar-refractivity contribution in [2.75, 3.05) is 19.6 Å². The zero-order chi connectivity index (χ0) is 17.2. The number of hydrogen-bond acceptors (Lipinski definition) is 4. The van der Waals surface area contributed by atoms with Crippen molar-refractivity contribution in [1.29, 1.82) is 0 Å². The molecule has 3 fully saturated rings.